The molecule has 0 radical (unpaired) electrons. The highest BCUT2D eigenvalue weighted by atomic mass is 79.9. The number of hydrogen-bond acceptors (Lipinski definition) is 3. The fourth-order valence-electron chi connectivity index (χ4n) is 2.05. The minimum absolute atomic E-state index is 0.547. The van der Waals surface area contributed by atoms with Crippen LogP contribution >= 0.6 is 31.9 Å². The van der Waals surface area contributed by atoms with Gasteiger partial charge in [-0.3, -0.25) is 4.68 Å². The van der Waals surface area contributed by atoms with E-state index < -0.39 is 6.10 Å². The van der Waals surface area contributed by atoms with Crippen molar-refractivity contribution in [2.75, 3.05) is 13.7 Å². The molecule has 2 aromatic rings. The Morgan fingerprint density at radius 1 is 1.40 bits per heavy atom. The number of halogens is 2. The lowest BCUT2D eigenvalue weighted by Crippen LogP contribution is -2.14. The molecule has 108 valence electrons. The van der Waals surface area contributed by atoms with E-state index in [1.54, 1.807) is 18.0 Å². The maximum Gasteiger partial charge on any atom is 0.122 e. The van der Waals surface area contributed by atoms with E-state index in [1.807, 2.05) is 25.1 Å². The number of hydrogen-bond donors (Lipinski definition) is 1. The molecule has 1 unspecified atom stereocenters. The van der Waals surface area contributed by atoms with E-state index in [9.17, 15) is 5.11 Å². The van der Waals surface area contributed by atoms with Gasteiger partial charge >= 0.3 is 0 Å². The summed E-state index contributed by atoms with van der Waals surface area (Å²) >= 11 is 6.90. The van der Waals surface area contributed by atoms with E-state index >= 15 is 0 Å². The van der Waals surface area contributed by atoms with Crippen LogP contribution in [0.2, 0.25) is 0 Å². The van der Waals surface area contributed by atoms with Crippen molar-refractivity contribution in [1.82, 2.24) is 9.78 Å². The topological polar surface area (TPSA) is 47.3 Å². The maximum absolute atomic E-state index is 10.7. The molecule has 1 atom stereocenters. The van der Waals surface area contributed by atoms with Crippen molar-refractivity contribution in [3.05, 3.63) is 50.2 Å². The predicted octanol–water partition coefficient (Wildman–Crippen LogP) is 3.44. The van der Waals surface area contributed by atoms with E-state index in [0.29, 0.717) is 13.2 Å². The zero-order chi connectivity index (χ0) is 14.7. The Labute approximate surface area is 135 Å². The van der Waals surface area contributed by atoms with Crippen LogP contribution in [0.4, 0.5) is 0 Å². The van der Waals surface area contributed by atoms with Crippen LogP contribution in [0.15, 0.2) is 33.3 Å². The number of methoxy groups -OCH3 is 1. The third kappa shape index (κ3) is 3.31. The maximum atomic E-state index is 10.7. The SMILES string of the molecule is COCCn1ncc(Br)c1C(O)c1cc(Br)ccc1C. The monoisotopic (exact) mass is 402 g/mol. The molecule has 0 amide bonds. The largest absolute Gasteiger partial charge is 0.383 e. The van der Waals surface area contributed by atoms with E-state index in [1.165, 1.54) is 0 Å². The van der Waals surface area contributed by atoms with Crippen LogP contribution in [-0.2, 0) is 11.3 Å². The van der Waals surface area contributed by atoms with Gasteiger partial charge in [-0.25, -0.2) is 0 Å². The Bertz CT molecular complexity index is 599. The number of aryl methyl sites for hydroxylation is 1. The number of ether oxygens (including phenoxy) is 1. The fraction of sp³-hybridized carbons (Fsp3) is 0.357. The number of aliphatic hydroxyl groups is 1. The van der Waals surface area contributed by atoms with Gasteiger partial charge in [0.05, 0.1) is 29.5 Å². The Hall–Kier alpha value is -0.690. The molecule has 1 aromatic carbocycles. The van der Waals surface area contributed by atoms with Gasteiger partial charge in [0.2, 0.25) is 0 Å². The highest BCUT2D eigenvalue weighted by Crippen LogP contribution is 2.31. The van der Waals surface area contributed by atoms with Crippen molar-refractivity contribution in [2.24, 2.45) is 0 Å². The Morgan fingerprint density at radius 3 is 2.85 bits per heavy atom. The first-order chi connectivity index (χ1) is 9.54. The van der Waals surface area contributed by atoms with E-state index in [0.717, 1.165) is 25.8 Å². The average molecular weight is 404 g/mol. The van der Waals surface area contributed by atoms with Crippen LogP contribution in [0.25, 0.3) is 0 Å². The van der Waals surface area contributed by atoms with Crippen LogP contribution in [0.5, 0.6) is 0 Å². The first kappa shape index (κ1) is 15.7. The van der Waals surface area contributed by atoms with E-state index in [-0.39, 0.29) is 0 Å². The third-order valence-electron chi connectivity index (χ3n) is 3.14. The Morgan fingerprint density at radius 2 is 2.15 bits per heavy atom. The first-order valence-electron chi connectivity index (χ1n) is 6.19. The van der Waals surface area contributed by atoms with Gasteiger partial charge in [0, 0.05) is 11.6 Å². The predicted molar refractivity (Wildman–Crippen MR) is 84.7 cm³/mol. The number of nitrogens with zero attached hydrogens (tertiary/aromatic N) is 2. The minimum Gasteiger partial charge on any atom is -0.383 e. The van der Waals surface area contributed by atoms with Crippen molar-refractivity contribution >= 4 is 31.9 Å². The second-order valence-corrected chi connectivity index (χ2v) is 6.27. The molecule has 1 heterocycles. The average Bonchev–Trinajstić information content (AvgIpc) is 2.79. The second-order valence-electron chi connectivity index (χ2n) is 4.50. The van der Waals surface area contributed by atoms with Gasteiger partial charge in [0.1, 0.15) is 6.10 Å². The molecule has 1 aromatic heterocycles. The lowest BCUT2D eigenvalue weighted by atomic mass is 10.0. The molecule has 0 bridgehead atoms. The smallest absolute Gasteiger partial charge is 0.122 e. The van der Waals surface area contributed by atoms with Crippen LogP contribution in [0, 0.1) is 6.92 Å². The van der Waals surface area contributed by atoms with Crippen molar-refractivity contribution in [2.45, 2.75) is 19.6 Å². The molecule has 0 fully saturated rings. The highest BCUT2D eigenvalue weighted by molar-refractivity contribution is 9.10. The Balaban J connectivity index is 2.39. The Kier molecular flexibility index (Phi) is 5.37. The quantitative estimate of drug-likeness (QED) is 0.831. The molecule has 1 N–H and O–H groups in total. The third-order valence-corrected chi connectivity index (χ3v) is 4.24. The summed E-state index contributed by atoms with van der Waals surface area (Å²) < 4.78 is 8.57. The summed E-state index contributed by atoms with van der Waals surface area (Å²) in [5, 5.41) is 15.0. The van der Waals surface area contributed by atoms with Gasteiger partial charge in [-0.2, -0.15) is 5.10 Å². The van der Waals surface area contributed by atoms with Crippen molar-refractivity contribution in [3.8, 4) is 0 Å². The molecule has 0 saturated heterocycles. The highest BCUT2D eigenvalue weighted by Gasteiger charge is 2.21. The summed E-state index contributed by atoms with van der Waals surface area (Å²) in [6.45, 7) is 3.13. The molecule has 2 rings (SSSR count). The van der Waals surface area contributed by atoms with Gasteiger partial charge in [-0.05, 0) is 46.1 Å². The van der Waals surface area contributed by atoms with Crippen LogP contribution < -0.4 is 0 Å². The van der Waals surface area contributed by atoms with Crippen LogP contribution in [-0.4, -0.2) is 28.6 Å². The van der Waals surface area contributed by atoms with Crippen molar-refractivity contribution in [3.63, 3.8) is 0 Å². The number of aromatic nitrogens is 2. The molecule has 4 nitrogen and oxygen atoms in total. The van der Waals surface area contributed by atoms with E-state index in [2.05, 4.69) is 37.0 Å². The van der Waals surface area contributed by atoms with Gasteiger partial charge in [0.15, 0.2) is 0 Å². The fourth-order valence-corrected chi connectivity index (χ4v) is 2.94. The van der Waals surface area contributed by atoms with Crippen LogP contribution in [0.3, 0.4) is 0 Å². The van der Waals surface area contributed by atoms with E-state index in [4.69, 9.17) is 4.74 Å². The summed E-state index contributed by atoms with van der Waals surface area (Å²) in [6.07, 6.45) is 0.961. The number of rotatable bonds is 5. The molecule has 20 heavy (non-hydrogen) atoms. The lowest BCUT2D eigenvalue weighted by Gasteiger charge is -2.17. The molecule has 0 aliphatic heterocycles. The van der Waals surface area contributed by atoms with Gasteiger partial charge in [-0.15, -0.1) is 0 Å². The molecular formula is C14H16Br2N2O2. The summed E-state index contributed by atoms with van der Waals surface area (Å²) in [5.41, 5.74) is 2.63. The summed E-state index contributed by atoms with van der Waals surface area (Å²) in [6, 6.07) is 5.87. The van der Waals surface area contributed by atoms with Crippen molar-refractivity contribution in [1.29, 1.82) is 0 Å². The summed E-state index contributed by atoms with van der Waals surface area (Å²) in [4.78, 5) is 0. The zero-order valence-corrected chi connectivity index (χ0v) is 14.5. The van der Waals surface area contributed by atoms with Crippen molar-refractivity contribution < 1.29 is 9.84 Å². The van der Waals surface area contributed by atoms with Crippen LogP contribution in [0.1, 0.15) is 22.9 Å². The standard InChI is InChI=1S/C14H16Br2N2O2/c1-9-3-4-10(15)7-11(9)14(19)13-12(16)8-17-18(13)5-6-20-2/h3-4,7-8,14,19H,5-6H2,1-2H3. The molecular weight excluding hydrogens is 388 g/mol. The van der Waals surface area contributed by atoms with Gasteiger partial charge < -0.3 is 9.84 Å². The number of benzene rings is 1. The first-order valence-corrected chi connectivity index (χ1v) is 7.77. The molecule has 0 aliphatic carbocycles. The number of aliphatic hydroxyl groups excluding tert-OH is 1. The van der Waals surface area contributed by atoms with Gasteiger partial charge in [-0.1, -0.05) is 22.0 Å². The molecule has 0 aliphatic rings. The minimum atomic E-state index is -0.735. The summed E-state index contributed by atoms with van der Waals surface area (Å²) in [5.74, 6) is 0. The molecule has 6 heteroatoms. The molecule has 0 spiro atoms. The second kappa shape index (κ2) is 6.85. The molecule has 0 saturated carbocycles. The lowest BCUT2D eigenvalue weighted by molar-refractivity contribution is 0.171. The van der Waals surface area contributed by atoms with Gasteiger partial charge in [0.25, 0.3) is 0 Å². The normalized spacial score (nSPS) is 12.7. The zero-order valence-electron chi connectivity index (χ0n) is 11.3. The summed E-state index contributed by atoms with van der Waals surface area (Å²) in [7, 11) is 1.65.